The van der Waals surface area contributed by atoms with E-state index in [0.29, 0.717) is 5.92 Å². The molecule has 0 amide bonds. The van der Waals surface area contributed by atoms with Gasteiger partial charge in [0.15, 0.2) is 0 Å². The van der Waals surface area contributed by atoms with Crippen LogP contribution in [0.5, 0.6) is 0 Å². The second-order valence-electron chi connectivity index (χ2n) is 10.4. The van der Waals surface area contributed by atoms with E-state index >= 15 is 0 Å². The fourth-order valence-corrected chi connectivity index (χ4v) is 5.37. The van der Waals surface area contributed by atoms with E-state index in [-0.39, 0.29) is 6.42 Å². The molecule has 0 spiro atoms. The molecule has 0 saturated carbocycles. The summed E-state index contributed by atoms with van der Waals surface area (Å²) in [6, 6.07) is 6.76. The van der Waals surface area contributed by atoms with E-state index in [4.69, 9.17) is 15.1 Å². The lowest BCUT2D eigenvalue weighted by Crippen LogP contribution is -1.91. The number of aromatic nitrogens is 4. The minimum Gasteiger partial charge on any atom is -0.481 e. The van der Waals surface area contributed by atoms with E-state index in [0.717, 1.165) is 47.6 Å². The van der Waals surface area contributed by atoms with Crippen LogP contribution in [0.3, 0.4) is 0 Å². The molecule has 6 heteroatoms. The van der Waals surface area contributed by atoms with Crippen LogP contribution in [0.2, 0.25) is 0 Å². The van der Waals surface area contributed by atoms with Gasteiger partial charge in [-0.15, -0.1) is 0 Å². The van der Waals surface area contributed by atoms with Crippen LogP contribution in [-0.4, -0.2) is 31.0 Å². The lowest BCUT2D eigenvalue weighted by molar-refractivity contribution is -0.136. The summed E-state index contributed by atoms with van der Waals surface area (Å²) in [4.78, 5) is 26.9. The van der Waals surface area contributed by atoms with E-state index in [2.05, 4.69) is 82.7 Å². The number of hydrogen-bond acceptors (Lipinski definition) is 3. The summed E-state index contributed by atoms with van der Waals surface area (Å²) >= 11 is 0. The summed E-state index contributed by atoms with van der Waals surface area (Å²) < 4.78 is 0. The number of allylic oxidation sites excluding steroid dienone is 1. The van der Waals surface area contributed by atoms with Crippen molar-refractivity contribution < 1.29 is 9.90 Å². The monoisotopic (exact) mass is 512 g/mol. The molecule has 8 bridgehead atoms. The number of carbonyl (C=O) groups is 1. The number of nitrogens with one attached hydrogen (secondary N) is 2. The highest BCUT2D eigenvalue weighted by atomic mass is 16.4. The number of carboxylic acids is 1. The summed E-state index contributed by atoms with van der Waals surface area (Å²) in [6.45, 7) is 17.1. The van der Waals surface area contributed by atoms with E-state index in [1.165, 1.54) is 49.9 Å². The number of aromatic amines is 2. The first kappa shape index (κ1) is 27.4. The molecule has 2 aliphatic rings. The molecule has 0 aliphatic carbocycles. The van der Waals surface area contributed by atoms with Crippen LogP contribution in [0.1, 0.15) is 97.6 Å². The fraction of sp³-hybridized carbons (Fsp3) is 0.406. The van der Waals surface area contributed by atoms with Gasteiger partial charge in [-0.05, 0) is 105 Å². The van der Waals surface area contributed by atoms with Gasteiger partial charge < -0.3 is 15.1 Å². The molecule has 2 aliphatic heterocycles. The summed E-state index contributed by atoms with van der Waals surface area (Å²) in [6.07, 6.45) is 5.36. The molecular weight excluding hydrogens is 472 g/mol. The molecule has 5 rings (SSSR count). The number of fused-ring (bicyclic) bond motifs is 8. The summed E-state index contributed by atoms with van der Waals surface area (Å²) in [5, 5.41) is 7.72. The lowest BCUT2D eigenvalue weighted by atomic mass is 10.0. The van der Waals surface area contributed by atoms with E-state index in [1.54, 1.807) is 6.92 Å². The number of hydrogen-bond donors (Lipinski definition) is 3. The zero-order chi connectivity index (χ0) is 27.7. The Hall–Kier alpha value is -3.67. The van der Waals surface area contributed by atoms with Crippen molar-refractivity contribution in [1.29, 1.82) is 0 Å². The first-order valence-electron chi connectivity index (χ1n) is 13.7. The third-order valence-electron chi connectivity index (χ3n) is 7.86. The lowest BCUT2D eigenvalue weighted by Gasteiger charge is -2.00. The third-order valence-corrected chi connectivity index (χ3v) is 7.86. The van der Waals surface area contributed by atoms with Crippen molar-refractivity contribution in [2.45, 2.75) is 87.0 Å². The SMILES string of the molecule is CCC(=O)O.CCc1c(C)c2cc3[nH]c(cc4nc(c(C)c5nc(cc1[nH]2)C(C)=C5)C[C@@H]4C)c(C)c3CC. The first-order valence-corrected chi connectivity index (χ1v) is 13.7. The maximum absolute atomic E-state index is 9.37. The Morgan fingerprint density at radius 3 is 1.97 bits per heavy atom. The topological polar surface area (TPSA) is 94.7 Å². The zero-order valence-electron chi connectivity index (χ0n) is 24.0. The van der Waals surface area contributed by atoms with Crippen molar-refractivity contribution in [1.82, 2.24) is 19.9 Å². The van der Waals surface area contributed by atoms with Crippen LogP contribution in [0.25, 0.3) is 33.7 Å². The second kappa shape index (κ2) is 11.0. The summed E-state index contributed by atoms with van der Waals surface area (Å²) in [5.41, 5.74) is 16.8. The number of aryl methyl sites for hydroxylation is 4. The molecule has 3 N–H and O–H groups in total. The van der Waals surface area contributed by atoms with Gasteiger partial charge in [0, 0.05) is 45.8 Å². The highest BCUT2D eigenvalue weighted by Crippen LogP contribution is 2.31. The molecule has 3 aromatic heterocycles. The van der Waals surface area contributed by atoms with Crippen molar-refractivity contribution in [3.8, 4) is 0 Å². The molecule has 1 atom stereocenters. The van der Waals surface area contributed by atoms with Gasteiger partial charge in [-0.1, -0.05) is 27.7 Å². The summed E-state index contributed by atoms with van der Waals surface area (Å²) in [5.74, 6) is -0.349. The van der Waals surface area contributed by atoms with Crippen LogP contribution in [0, 0.1) is 20.8 Å². The Labute approximate surface area is 225 Å². The van der Waals surface area contributed by atoms with Crippen LogP contribution < -0.4 is 0 Å². The van der Waals surface area contributed by atoms with Gasteiger partial charge in [0.1, 0.15) is 0 Å². The van der Waals surface area contributed by atoms with Crippen molar-refractivity contribution in [3.05, 3.63) is 68.8 Å². The average molecular weight is 513 g/mol. The molecule has 0 saturated heterocycles. The molecule has 0 unspecified atom stereocenters. The van der Waals surface area contributed by atoms with Gasteiger partial charge in [-0.25, -0.2) is 4.98 Å². The molecule has 0 radical (unpaired) electrons. The number of carboxylic acid groups (broad SMARTS) is 1. The Balaban J connectivity index is 0.000000617. The fourth-order valence-electron chi connectivity index (χ4n) is 5.37. The molecule has 0 aromatic carbocycles. The molecule has 3 aromatic rings. The Bertz CT molecular complexity index is 1590. The standard InChI is InChI=1S/C29H34N4.C3H6O2/c1-8-20-18(6)27-14-29-21(9-2)17(5)26(32-29)12-22-15(3)10-24(30-22)19(7)25-11-16(4)23(31-25)13-28(20)33-27;1-2-3(4)5/h11-15,32-33H,8-10H2,1-7H3;2H2,1H3,(H,4,5)/t15-;/m0./s1. The van der Waals surface area contributed by atoms with Crippen LogP contribution in [-0.2, 0) is 24.1 Å². The molecule has 0 fully saturated rings. The molecule has 38 heavy (non-hydrogen) atoms. The molecular formula is C32H40N4O2. The van der Waals surface area contributed by atoms with E-state index in [1.807, 2.05) is 0 Å². The number of rotatable bonds is 3. The van der Waals surface area contributed by atoms with Crippen molar-refractivity contribution in [2.24, 2.45) is 0 Å². The number of nitrogens with zero attached hydrogens (tertiary/aromatic N) is 2. The van der Waals surface area contributed by atoms with Crippen LogP contribution in [0.15, 0.2) is 18.2 Å². The maximum Gasteiger partial charge on any atom is 0.303 e. The molecule has 6 nitrogen and oxygen atoms in total. The highest BCUT2D eigenvalue weighted by molar-refractivity contribution is 5.85. The number of H-pyrrole nitrogens is 2. The number of aliphatic carboxylic acids is 1. The smallest absolute Gasteiger partial charge is 0.303 e. The quantitative estimate of drug-likeness (QED) is 0.334. The minimum atomic E-state index is -0.745. The predicted molar refractivity (Wildman–Crippen MR) is 158 cm³/mol. The largest absolute Gasteiger partial charge is 0.481 e. The second-order valence-corrected chi connectivity index (χ2v) is 10.4. The van der Waals surface area contributed by atoms with Gasteiger partial charge in [-0.2, -0.15) is 0 Å². The van der Waals surface area contributed by atoms with Gasteiger partial charge in [0.2, 0.25) is 0 Å². The minimum absolute atomic E-state index is 0.222. The van der Waals surface area contributed by atoms with Crippen molar-refractivity contribution in [3.63, 3.8) is 0 Å². The van der Waals surface area contributed by atoms with E-state index < -0.39 is 5.97 Å². The Kier molecular flexibility index (Phi) is 7.91. The zero-order valence-corrected chi connectivity index (χ0v) is 24.0. The summed E-state index contributed by atoms with van der Waals surface area (Å²) in [7, 11) is 0. The van der Waals surface area contributed by atoms with E-state index in [9.17, 15) is 4.79 Å². The highest BCUT2D eigenvalue weighted by Gasteiger charge is 2.20. The maximum atomic E-state index is 9.37. The Morgan fingerprint density at radius 1 is 0.868 bits per heavy atom. The van der Waals surface area contributed by atoms with Gasteiger partial charge in [0.25, 0.3) is 0 Å². The van der Waals surface area contributed by atoms with Gasteiger partial charge in [0.05, 0.1) is 11.4 Å². The van der Waals surface area contributed by atoms with Crippen LogP contribution in [0.4, 0.5) is 0 Å². The molecule has 200 valence electrons. The van der Waals surface area contributed by atoms with Gasteiger partial charge >= 0.3 is 5.97 Å². The normalized spacial score (nSPS) is 14.6. The third kappa shape index (κ3) is 5.17. The van der Waals surface area contributed by atoms with Crippen LogP contribution >= 0.6 is 0 Å². The Morgan fingerprint density at radius 2 is 1.42 bits per heavy atom. The molecule has 5 heterocycles. The van der Waals surface area contributed by atoms with Crippen molar-refractivity contribution in [2.75, 3.05) is 0 Å². The van der Waals surface area contributed by atoms with Crippen molar-refractivity contribution >= 4 is 39.7 Å². The average Bonchev–Trinajstić information content (AvgIpc) is 3.60. The van der Waals surface area contributed by atoms with Gasteiger partial charge in [-0.3, -0.25) is 9.78 Å². The first-order chi connectivity index (χ1) is 18.1. The predicted octanol–water partition coefficient (Wildman–Crippen LogP) is 7.75.